The highest BCUT2D eigenvalue weighted by molar-refractivity contribution is 5.71. The molecule has 0 saturated carbocycles. The van der Waals surface area contributed by atoms with Gasteiger partial charge in [0.15, 0.2) is 17.9 Å². The van der Waals surface area contributed by atoms with E-state index in [4.69, 9.17) is 4.42 Å². The van der Waals surface area contributed by atoms with Crippen LogP contribution in [0, 0.1) is 0 Å². The van der Waals surface area contributed by atoms with Crippen molar-refractivity contribution in [3.63, 3.8) is 0 Å². The summed E-state index contributed by atoms with van der Waals surface area (Å²) in [4.78, 5) is 12.5. The molecule has 4 nitrogen and oxygen atoms in total. The van der Waals surface area contributed by atoms with Gasteiger partial charge in [0.2, 0.25) is 0 Å². The molecule has 2 heterocycles. The zero-order valence-corrected chi connectivity index (χ0v) is 8.56. The summed E-state index contributed by atoms with van der Waals surface area (Å²) in [6, 6.07) is 3.58. The summed E-state index contributed by atoms with van der Waals surface area (Å²) >= 11 is 0. The Kier molecular flexibility index (Phi) is 3.06. The third-order valence-corrected chi connectivity index (χ3v) is 2.85. The molecule has 1 saturated heterocycles. The fraction of sp³-hybridized carbons (Fsp3) is 0.545. The first-order chi connectivity index (χ1) is 7.35. The van der Waals surface area contributed by atoms with E-state index >= 15 is 0 Å². The Morgan fingerprint density at radius 3 is 3.07 bits per heavy atom. The van der Waals surface area contributed by atoms with Gasteiger partial charge in [-0.25, -0.2) is 0 Å². The fourth-order valence-corrected chi connectivity index (χ4v) is 2.04. The molecule has 0 spiro atoms. The normalized spacial score (nSPS) is 21.7. The van der Waals surface area contributed by atoms with Gasteiger partial charge in [0.1, 0.15) is 0 Å². The zero-order chi connectivity index (χ0) is 10.7. The van der Waals surface area contributed by atoms with Gasteiger partial charge in [-0.3, -0.25) is 4.79 Å². The molecule has 1 aliphatic heterocycles. The van der Waals surface area contributed by atoms with Crippen LogP contribution in [0.1, 0.15) is 29.8 Å². The van der Waals surface area contributed by atoms with Crippen LogP contribution in [-0.2, 0) is 0 Å². The van der Waals surface area contributed by atoms with Crippen molar-refractivity contribution in [1.29, 1.82) is 0 Å². The number of hydrogen-bond donors (Lipinski definition) is 1. The molecule has 0 aliphatic carbocycles. The highest BCUT2D eigenvalue weighted by Gasteiger charge is 2.23. The van der Waals surface area contributed by atoms with E-state index in [1.807, 2.05) is 4.90 Å². The van der Waals surface area contributed by atoms with E-state index < -0.39 is 0 Å². The lowest BCUT2D eigenvalue weighted by atomic mass is 10.0. The van der Waals surface area contributed by atoms with Gasteiger partial charge in [-0.2, -0.15) is 0 Å². The van der Waals surface area contributed by atoms with Crippen molar-refractivity contribution >= 4 is 12.2 Å². The first-order valence-corrected chi connectivity index (χ1v) is 5.27. The maximum atomic E-state index is 10.5. The van der Waals surface area contributed by atoms with E-state index in [0.29, 0.717) is 17.9 Å². The minimum absolute atomic E-state index is 0.129. The van der Waals surface area contributed by atoms with E-state index in [1.54, 1.807) is 12.1 Å². The molecule has 1 N–H and O–H groups in total. The lowest BCUT2D eigenvalue weighted by Gasteiger charge is -2.34. The van der Waals surface area contributed by atoms with Crippen molar-refractivity contribution in [2.75, 3.05) is 18.1 Å². The molecule has 1 aromatic heterocycles. The Labute approximate surface area is 88.5 Å². The SMILES string of the molecule is O=Cc1ccc(N2CCCCC2CO)o1. The Balaban J connectivity index is 2.16. The third kappa shape index (κ3) is 2.04. The van der Waals surface area contributed by atoms with Gasteiger partial charge in [-0.1, -0.05) is 0 Å². The van der Waals surface area contributed by atoms with E-state index in [1.165, 1.54) is 0 Å². The van der Waals surface area contributed by atoms with Crippen LogP contribution in [0.5, 0.6) is 0 Å². The van der Waals surface area contributed by atoms with Gasteiger partial charge in [-0.15, -0.1) is 0 Å². The highest BCUT2D eigenvalue weighted by Crippen LogP contribution is 2.25. The van der Waals surface area contributed by atoms with Crippen molar-refractivity contribution in [1.82, 2.24) is 0 Å². The maximum Gasteiger partial charge on any atom is 0.196 e. The van der Waals surface area contributed by atoms with Gasteiger partial charge >= 0.3 is 0 Å². The van der Waals surface area contributed by atoms with Crippen molar-refractivity contribution in [2.45, 2.75) is 25.3 Å². The van der Waals surface area contributed by atoms with Crippen LogP contribution in [0.3, 0.4) is 0 Å². The standard InChI is InChI=1S/C11H15NO3/c13-7-9-3-1-2-6-12(9)11-5-4-10(8-14)15-11/h4-5,8-9,13H,1-3,6-7H2. The number of nitrogens with zero attached hydrogens (tertiary/aromatic N) is 1. The topological polar surface area (TPSA) is 53.7 Å². The molecule has 0 radical (unpaired) electrons. The molecule has 0 amide bonds. The van der Waals surface area contributed by atoms with E-state index in [0.717, 1.165) is 25.8 Å². The molecule has 0 bridgehead atoms. The second-order valence-electron chi connectivity index (χ2n) is 3.82. The summed E-state index contributed by atoms with van der Waals surface area (Å²) in [5, 5.41) is 9.23. The number of carbonyl (C=O) groups excluding carboxylic acids is 1. The average Bonchev–Trinajstić information content (AvgIpc) is 2.77. The lowest BCUT2D eigenvalue weighted by Crippen LogP contribution is -2.41. The Morgan fingerprint density at radius 2 is 2.40 bits per heavy atom. The second-order valence-corrected chi connectivity index (χ2v) is 3.82. The predicted molar refractivity (Wildman–Crippen MR) is 56.2 cm³/mol. The minimum Gasteiger partial charge on any atom is -0.438 e. The van der Waals surface area contributed by atoms with Crippen molar-refractivity contribution < 1.29 is 14.3 Å². The molecule has 1 atom stereocenters. The first-order valence-electron chi connectivity index (χ1n) is 5.27. The summed E-state index contributed by atoms with van der Waals surface area (Å²) in [5.41, 5.74) is 0. The zero-order valence-electron chi connectivity index (χ0n) is 8.56. The molecule has 82 valence electrons. The Hall–Kier alpha value is -1.29. The van der Waals surface area contributed by atoms with Gasteiger partial charge in [0.25, 0.3) is 0 Å². The van der Waals surface area contributed by atoms with Gasteiger partial charge < -0.3 is 14.4 Å². The fourth-order valence-electron chi connectivity index (χ4n) is 2.04. The van der Waals surface area contributed by atoms with Crippen LogP contribution in [0.4, 0.5) is 5.88 Å². The highest BCUT2D eigenvalue weighted by atomic mass is 16.4. The molecule has 0 aromatic carbocycles. The number of aliphatic hydroxyl groups is 1. The van der Waals surface area contributed by atoms with Gasteiger partial charge in [0.05, 0.1) is 12.6 Å². The Morgan fingerprint density at radius 1 is 1.53 bits per heavy atom. The molecule has 1 fully saturated rings. The summed E-state index contributed by atoms with van der Waals surface area (Å²) in [6.07, 6.45) is 3.92. The second kappa shape index (κ2) is 4.49. The number of hydrogen-bond acceptors (Lipinski definition) is 4. The minimum atomic E-state index is 0.129. The molecule has 1 unspecified atom stereocenters. The molecule has 1 aliphatic rings. The van der Waals surface area contributed by atoms with Crippen molar-refractivity contribution in [3.8, 4) is 0 Å². The van der Waals surface area contributed by atoms with Crippen molar-refractivity contribution in [3.05, 3.63) is 17.9 Å². The monoisotopic (exact) mass is 209 g/mol. The van der Waals surface area contributed by atoms with Crippen molar-refractivity contribution in [2.24, 2.45) is 0 Å². The summed E-state index contributed by atoms with van der Waals surface area (Å²) in [5.74, 6) is 1.03. The van der Waals surface area contributed by atoms with E-state index in [9.17, 15) is 9.90 Å². The number of rotatable bonds is 3. The number of piperidine rings is 1. The van der Waals surface area contributed by atoms with Crippen LogP contribution in [0.2, 0.25) is 0 Å². The third-order valence-electron chi connectivity index (χ3n) is 2.85. The predicted octanol–water partition coefficient (Wildman–Crippen LogP) is 1.44. The largest absolute Gasteiger partial charge is 0.438 e. The van der Waals surface area contributed by atoms with Gasteiger partial charge in [-0.05, 0) is 25.3 Å². The van der Waals surface area contributed by atoms with Gasteiger partial charge in [0, 0.05) is 12.6 Å². The molecule has 1 aromatic rings. The van der Waals surface area contributed by atoms with Crippen LogP contribution in [-0.4, -0.2) is 30.6 Å². The van der Waals surface area contributed by atoms with Crippen LogP contribution >= 0.6 is 0 Å². The summed E-state index contributed by atoms with van der Waals surface area (Å²) in [7, 11) is 0. The number of anilines is 1. The van der Waals surface area contributed by atoms with Crippen LogP contribution in [0.15, 0.2) is 16.5 Å². The van der Waals surface area contributed by atoms with E-state index in [-0.39, 0.29) is 12.6 Å². The Bertz CT molecular complexity index is 334. The summed E-state index contributed by atoms with van der Waals surface area (Å²) in [6.45, 7) is 1.02. The maximum absolute atomic E-state index is 10.5. The lowest BCUT2D eigenvalue weighted by molar-refractivity contribution is 0.110. The molecular formula is C11H15NO3. The number of aldehydes is 1. The van der Waals surface area contributed by atoms with E-state index in [2.05, 4.69) is 0 Å². The average molecular weight is 209 g/mol. The molecule has 4 heteroatoms. The van der Waals surface area contributed by atoms with Crippen LogP contribution in [0.25, 0.3) is 0 Å². The smallest absolute Gasteiger partial charge is 0.196 e. The summed E-state index contributed by atoms with van der Waals surface area (Å²) < 4.78 is 5.35. The molecule has 2 rings (SSSR count). The number of carbonyl (C=O) groups is 1. The number of furan rings is 1. The molecular weight excluding hydrogens is 194 g/mol. The quantitative estimate of drug-likeness (QED) is 0.765. The molecule has 15 heavy (non-hydrogen) atoms. The number of aliphatic hydroxyl groups excluding tert-OH is 1. The first kappa shape index (κ1) is 10.2. The van der Waals surface area contributed by atoms with Crippen LogP contribution < -0.4 is 4.90 Å².